The van der Waals surface area contributed by atoms with E-state index in [4.69, 9.17) is 18.1 Å². The van der Waals surface area contributed by atoms with Crippen LogP contribution in [0.4, 0.5) is 0 Å². The van der Waals surface area contributed by atoms with Gasteiger partial charge in [0, 0.05) is 27.9 Å². The predicted octanol–water partition coefficient (Wildman–Crippen LogP) is 3.87. The van der Waals surface area contributed by atoms with Crippen LogP contribution >= 0.6 is 15.9 Å². The third-order valence-electron chi connectivity index (χ3n) is 3.93. The fourth-order valence-corrected chi connectivity index (χ4v) is 2.96. The molecular formula is C19H13BrN2O6. The summed E-state index contributed by atoms with van der Waals surface area (Å²) in [6.07, 6.45) is 1.80. The maximum atomic E-state index is 12.1. The zero-order valence-corrected chi connectivity index (χ0v) is 16.0. The second-order valence-corrected chi connectivity index (χ2v) is 6.80. The number of nitrogens with zero attached hydrogens (tertiary/aromatic N) is 2. The Kier molecular flexibility index (Phi) is 5.07. The number of rotatable bonds is 6. The first-order chi connectivity index (χ1) is 13.6. The molecule has 0 aliphatic heterocycles. The molecule has 28 heavy (non-hydrogen) atoms. The largest absolute Gasteiger partial charge is 0.461 e. The van der Waals surface area contributed by atoms with Crippen LogP contribution < -0.4 is 5.63 Å². The van der Waals surface area contributed by atoms with Gasteiger partial charge in [0.15, 0.2) is 5.76 Å². The molecule has 0 unspecified atom stereocenters. The Labute approximate surface area is 166 Å². The summed E-state index contributed by atoms with van der Waals surface area (Å²) in [4.78, 5) is 27.9. The highest BCUT2D eigenvalue weighted by molar-refractivity contribution is 9.10. The minimum Gasteiger partial charge on any atom is -0.461 e. The smallest absolute Gasteiger partial charge is 0.336 e. The third-order valence-corrected chi connectivity index (χ3v) is 4.43. The molecule has 0 atom stereocenters. The number of ether oxygens (including phenoxy) is 1. The van der Waals surface area contributed by atoms with Crippen molar-refractivity contribution in [1.29, 1.82) is 0 Å². The number of benzene rings is 1. The predicted molar refractivity (Wildman–Crippen MR) is 100 cm³/mol. The topological polar surface area (TPSA) is 109 Å². The van der Waals surface area contributed by atoms with Crippen molar-refractivity contribution < 1.29 is 22.9 Å². The van der Waals surface area contributed by atoms with Crippen molar-refractivity contribution in [3.63, 3.8) is 0 Å². The fourth-order valence-electron chi connectivity index (χ4n) is 2.62. The van der Waals surface area contributed by atoms with Crippen molar-refractivity contribution in [2.24, 2.45) is 0 Å². The molecule has 0 aliphatic rings. The monoisotopic (exact) mass is 444 g/mol. The Hall–Kier alpha value is -3.20. The molecule has 0 aliphatic carbocycles. The molecule has 0 spiro atoms. The Bertz CT molecular complexity index is 1180. The fraction of sp³-hybridized carbons (Fsp3) is 0.158. The molecule has 8 nitrogen and oxygen atoms in total. The third kappa shape index (κ3) is 4.04. The maximum Gasteiger partial charge on any atom is 0.336 e. The number of fused-ring (bicyclic) bond motifs is 1. The van der Waals surface area contributed by atoms with Gasteiger partial charge in [-0.05, 0) is 30.3 Å². The SMILES string of the molecule is O=C(CCc1nc(-c2ccco2)no1)OCc1cc(=O)oc2cc(Br)ccc12. The summed E-state index contributed by atoms with van der Waals surface area (Å²) >= 11 is 3.33. The van der Waals surface area contributed by atoms with Gasteiger partial charge in [-0.1, -0.05) is 21.1 Å². The summed E-state index contributed by atoms with van der Waals surface area (Å²) in [6, 6.07) is 10.0. The molecule has 4 rings (SSSR count). The van der Waals surface area contributed by atoms with Gasteiger partial charge < -0.3 is 18.1 Å². The second kappa shape index (κ2) is 7.81. The van der Waals surface area contributed by atoms with Crippen LogP contribution in [0.1, 0.15) is 17.9 Å². The van der Waals surface area contributed by atoms with E-state index < -0.39 is 11.6 Å². The zero-order valence-electron chi connectivity index (χ0n) is 14.4. The van der Waals surface area contributed by atoms with Crippen molar-refractivity contribution in [2.45, 2.75) is 19.4 Å². The van der Waals surface area contributed by atoms with Gasteiger partial charge in [0.2, 0.25) is 11.7 Å². The molecule has 0 fully saturated rings. The number of carbonyl (C=O) groups is 1. The van der Waals surface area contributed by atoms with Crippen LogP contribution in [-0.4, -0.2) is 16.1 Å². The highest BCUT2D eigenvalue weighted by Gasteiger charge is 2.14. The van der Waals surface area contributed by atoms with Crippen molar-refractivity contribution >= 4 is 32.9 Å². The molecule has 9 heteroatoms. The summed E-state index contributed by atoms with van der Waals surface area (Å²) < 4.78 is 21.5. The first-order valence-corrected chi connectivity index (χ1v) is 9.12. The standard InChI is InChI=1S/C19H13BrN2O6/c20-12-3-4-13-11(8-18(24)27-15(13)9-12)10-26-17(23)6-5-16-21-19(22-28-16)14-2-1-7-25-14/h1-4,7-9H,5-6,10H2. The molecule has 142 valence electrons. The zero-order chi connectivity index (χ0) is 19.5. The van der Waals surface area contributed by atoms with E-state index in [-0.39, 0.29) is 19.4 Å². The van der Waals surface area contributed by atoms with E-state index in [0.717, 1.165) is 4.47 Å². The van der Waals surface area contributed by atoms with E-state index in [1.54, 1.807) is 24.3 Å². The van der Waals surface area contributed by atoms with Gasteiger partial charge in [-0.25, -0.2) is 4.79 Å². The molecule has 3 heterocycles. The van der Waals surface area contributed by atoms with E-state index in [9.17, 15) is 9.59 Å². The van der Waals surface area contributed by atoms with Crippen LogP contribution in [0.3, 0.4) is 0 Å². The average Bonchev–Trinajstić information content (AvgIpc) is 3.35. The molecular weight excluding hydrogens is 432 g/mol. The van der Waals surface area contributed by atoms with E-state index in [2.05, 4.69) is 26.1 Å². The second-order valence-electron chi connectivity index (χ2n) is 5.88. The molecule has 0 bridgehead atoms. The van der Waals surface area contributed by atoms with Gasteiger partial charge in [-0.3, -0.25) is 4.79 Å². The minimum atomic E-state index is -0.507. The van der Waals surface area contributed by atoms with Gasteiger partial charge in [0.05, 0.1) is 12.7 Å². The molecule has 0 saturated carbocycles. The summed E-state index contributed by atoms with van der Waals surface area (Å²) in [5, 5.41) is 4.50. The van der Waals surface area contributed by atoms with Crippen molar-refractivity contribution in [3.8, 4) is 11.6 Å². The van der Waals surface area contributed by atoms with Crippen LogP contribution in [0.2, 0.25) is 0 Å². The first-order valence-electron chi connectivity index (χ1n) is 8.33. The van der Waals surface area contributed by atoms with Crippen molar-refractivity contribution in [1.82, 2.24) is 10.1 Å². The lowest BCUT2D eigenvalue weighted by atomic mass is 10.1. The summed E-state index contributed by atoms with van der Waals surface area (Å²) in [6.45, 7) is -0.0377. The number of aryl methyl sites for hydroxylation is 1. The van der Waals surface area contributed by atoms with Crippen LogP contribution in [0.15, 0.2) is 65.3 Å². The number of aromatic nitrogens is 2. The quantitative estimate of drug-likeness (QED) is 0.325. The molecule has 3 aromatic heterocycles. The lowest BCUT2D eigenvalue weighted by molar-refractivity contribution is -0.145. The van der Waals surface area contributed by atoms with Gasteiger partial charge in [0.1, 0.15) is 12.2 Å². The Morgan fingerprint density at radius 2 is 2.11 bits per heavy atom. The number of esters is 1. The van der Waals surface area contributed by atoms with Crippen molar-refractivity contribution in [3.05, 3.63) is 69.0 Å². The summed E-state index contributed by atoms with van der Waals surface area (Å²) in [5.74, 6) is 0.663. The highest BCUT2D eigenvalue weighted by atomic mass is 79.9. The Balaban J connectivity index is 1.37. The minimum absolute atomic E-state index is 0.0377. The van der Waals surface area contributed by atoms with Crippen LogP contribution in [0.25, 0.3) is 22.6 Å². The molecule has 1 aromatic carbocycles. The van der Waals surface area contributed by atoms with Crippen LogP contribution in [-0.2, 0) is 22.6 Å². The summed E-state index contributed by atoms with van der Waals surface area (Å²) in [5.41, 5.74) is 0.488. The molecule has 0 saturated heterocycles. The normalized spacial score (nSPS) is 11.0. The Morgan fingerprint density at radius 3 is 2.93 bits per heavy atom. The van der Waals surface area contributed by atoms with E-state index >= 15 is 0 Å². The van der Waals surface area contributed by atoms with Crippen molar-refractivity contribution in [2.75, 3.05) is 0 Å². The number of hydrogen-bond acceptors (Lipinski definition) is 8. The molecule has 4 aromatic rings. The molecule has 0 amide bonds. The number of hydrogen-bond donors (Lipinski definition) is 0. The molecule has 0 N–H and O–H groups in total. The summed E-state index contributed by atoms with van der Waals surface area (Å²) in [7, 11) is 0. The van der Waals surface area contributed by atoms with Crippen LogP contribution in [0.5, 0.6) is 0 Å². The lowest BCUT2D eigenvalue weighted by Crippen LogP contribution is -2.08. The van der Waals surface area contributed by atoms with E-state index in [1.165, 1.54) is 12.3 Å². The van der Waals surface area contributed by atoms with Gasteiger partial charge in [-0.15, -0.1) is 0 Å². The van der Waals surface area contributed by atoms with E-state index in [1.807, 2.05) is 6.07 Å². The van der Waals surface area contributed by atoms with Gasteiger partial charge in [0.25, 0.3) is 0 Å². The number of furan rings is 1. The van der Waals surface area contributed by atoms with Gasteiger partial charge >= 0.3 is 11.6 Å². The number of carbonyl (C=O) groups excluding carboxylic acids is 1. The highest BCUT2D eigenvalue weighted by Crippen LogP contribution is 2.22. The van der Waals surface area contributed by atoms with E-state index in [0.29, 0.717) is 34.0 Å². The van der Waals surface area contributed by atoms with Gasteiger partial charge in [-0.2, -0.15) is 4.98 Å². The first kappa shape index (κ1) is 18.2. The molecule has 0 radical (unpaired) electrons. The lowest BCUT2D eigenvalue weighted by Gasteiger charge is -2.07. The maximum absolute atomic E-state index is 12.1. The van der Waals surface area contributed by atoms with Crippen LogP contribution in [0, 0.1) is 0 Å². The average molecular weight is 445 g/mol. The Morgan fingerprint density at radius 1 is 1.21 bits per heavy atom. The number of halogens is 1.